The molecule has 2 saturated carbocycles. The lowest BCUT2D eigenvalue weighted by atomic mass is 9.53. The van der Waals surface area contributed by atoms with Gasteiger partial charge in [0.05, 0.1) is 0 Å². The Balaban J connectivity index is 2.14. The van der Waals surface area contributed by atoms with Crippen LogP contribution in [0.5, 0.6) is 0 Å². The van der Waals surface area contributed by atoms with E-state index in [1.165, 1.54) is 32.1 Å². The number of fused-ring (bicyclic) bond motifs is 1. The zero-order chi connectivity index (χ0) is 8.77. The molecule has 1 nitrogen and oxygen atoms in total. The third-order valence-electron chi connectivity index (χ3n) is 3.91. The van der Waals surface area contributed by atoms with E-state index in [1.54, 1.807) is 0 Å². The summed E-state index contributed by atoms with van der Waals surface area (Å²) in [6.45, 7) is 4.25. The van der Waals surface area contributed by atoms with Gasteiger partial charge in [0.2, 0.25) is 0 Å². The highest BCUT2D eigenvalue weighted by atomic mass is 16.1. The van der Waals surface area contributed by atoms with Crippen LogP contribution in [0.4, 0.5) is 0 Å². The number of rotatable bonds is 0. The van der Waals surface area contributed by atoms with Crippen LogP contribution in [-0.4, -0.2) is 5.78 Å². The molecule has 2 rings (SSSR count). The molecule has 0 saturated heterocycles. The van der Waals surface area contributed by atoms with Crippen LogP contribution < -0.4 is 0 Å². The Bertz CT molecular complexity index is 205. The molecular weight excluding hydrogens is 148 g/mol. The van der Waals surface area contributed by atoms with Crippen LogP contribution in [-0.2, 0) is 4.79 Å². The van der Waals surface area contributed by atoms with Crippen LogP contribution in [0.25, 0.3) is 0 Å². The minimum atomic E-state index is 0.0228. The molecule has 0 N–H and O–H groups in total. The van der Waals surface area contributed by atoms with Crippen LogP contribution in [0.15, 0.2) is 0 Å². The normalized spacial score (nSPS) is 39.7. The monoisotopic (exact) mass is 166 g/mol. The number of carbonyl (C=O) groups excluding carboxylic acids is 1. The topological polar surface area (TPSA) is 17.1 Å². The fourth-order valence-corrected chi connectivity index (χ4v) is 3.05. The van der Waals surface area contributed by atoms with E-state index in [1.807, 2.05) is 0 Å². The zero-order valence-corrected chi connectivity index (χ0v) is 8.10. The lowest BCUT2D eigenvalue weighted by molar-refractivity contribution is -0.153. The maximum Gasteiger partial charge on any atom is 0.142 e. The summed E-state index contributed by atoms with van der Waals surface area (Å²) in [5.74, 6) is 1.70. The van der Waals surface area contributed by atoms with Gasteiger partial charge in [0.1, 0.15) is 5.78 Å². The number of ketones is 1. The largest absolute Gasteiger partial charge is 0.299 e. The minimum Gasteiger partial charge on any atom is -0.299 e. The van der Waals surface area contributed by atoms with Crippen LogP contribution in [0, 0.1) is 17.3 Å². The Morgan fingerprint density at radius 1 is 1.17 bits per heavy atom. The molecule has 68 valence electrons. The predicted molar refractivity (Wildman–Crippen MR) is 48.9 cm³/mol. The van der Waals surface area contributed by atoms with Gasteiger partial charge in [-0.2, -0.15) is 0 Å². The molecule has 0 aliphatic heterocycles. The SMILES string of the molecule is CC1(C)C(=O)C2CCCCCC21. The number of hydrogen-bond acceptors (Lipinski definition) is 1. The van der Waals surface area contributed by atoms with E-state index in [9.17, 15) is 4.79 Å². The molecule has 0 bridgehead atoms. The van der Waals surface area contributed by atoms with Crippen molar-refractivity contribution in [3.63, 3.8) is 0 Å². The lowest BCUT2D eigenvalue weighted by Crippen LogP contribution is -2.53. The van der Waals surface area contributed by atoms with Gasteiger partial charge in [-0.3, -0.25) is 4.79 Å². The maximum absolute atomic E-state index is 11.7. The van der Waals surface area contributed by atoms with Gasteiger partial charge in [-0.15, -0.1) is 0 Å². The second-order valence-electron chi connectivity index (χ2n) is 4.94. The smallest absolute Gasteiger partial charge is 0.142 e. The van der Waals surface area contributed by atoms with Crippen molar-refractivity contribution in [2.75, 3.05) is 0 Å². The number of carbonyl (C=O) groups is 1. The Hall–Kier alpha value is -0.330. The summed E-state index contributed by atoms with van der Waals surface area (Å²) < 4.78 is 0. The fourth-order valence-electron chi connectivity index (χ4n) is 3.05. The summed E-state index contributed by atoms with van der Waals surface area (Å²) in [6, 6.07) is 0. The van der Waals surface area contributed by atoms with Crippen LogP contribution in [0.1, 0.15) is 46.0 Å². The van der Waals surface area contributed by atoms with Crippen molar-refractivity contribution in [2.45, 2.75) is 46.0 Å². The summed E-state index contributed by atoms with van der Waals surface area (Å²) in [5.41, 5.74) is 0.0228. The van der Waals surface area contributed by atoms with E-state index >= 15 is 0 Å². The number of hydrogen-bond donors (Lipinski definition) is 0. The van der Waals surface area contributed by atoms with Crippen LogP contribution >= 0.6 is 0 Å². The van der Waals surface area contributed by atoms with E-state index < -0.39 is 0 Å². The third kappa shape index (κ3) is 0.949. The first-order chi connectivity index (χ1) is 5.64. The highest BCUT2D eigenvalue weighted by molar-refractivity contribution is 5.93. The van der Waals surface area contributed by atoms with Gasteiger partial charge in [0.25, 0.3) is 0 Å². The predicted octanol–water partition coefficient (Wildman–Crippen LogP) is 2.79. The van der Waals surface area contributed by atoms with E-state index in [2.05, 4.69) is 13.8 Å². The molecule has 0 aromatic heterocycles. The van der Waals surface area contributed by atoms with Gasteiger partial charge >= 0.3 is 0 Å². The molecule has 1 heteroatoms. The molecule has 0 aromatic carbocycles. The van der Waals surface area contributed by atoms with Gasteiger partial charge in [-0.25, -0.2) is 0 Å². The first-order valence-electron chi connectivity index (χ1n) is 5.18. The zero-order valence-electron chi connectivity index (χ0n) is 8.10. The third-order valence-corrected chi connectivity index (χ3v) is 3.91. The van der Waals surface area contributed by atoms with E-state index in [0.717, 1.165) is 0 Å². The standard InChI is InChI=1S/C11H18O/c1-11(2)9-7-5-3-4-6-8(9)10(11)12/h8-9H,3-7H2,1-2H3. The quantitative estimate of drug-likeness (QED) is 0.541. The average Bonchev–Trinajstić information content (AvgIpc) is 2.26. The molecule has 0 radical (unpaired) electrons. The first-order valence-corrected chi connectivity index (χ1v) is 5.18. The Kier molecular flexibility index (Phi) is 1.78. The van der Waals surface area contributed by atoms with E-state index in [4.69, 9.17) is 0 Å². The Morgan fingerprint density at radius 3 is 2.58 bits per heavy atom. The molecule has 2 aliphatic rings. The Labute approximate surface area is 74.5 Å². The summed E-state index contributed by atoms with van der Waals surface area (Å²) in [6.07, 6.45) is 6.44. The molecular formula is C11H18O. The first kappa shape index (κ1) is 8.28. The van der Waals surface area contributed by atoms with Crippen molar-refractivity contribution < 1.29 is 4.79 Å². The van der Waals surface area contributed by atoms with Crippen molar-refractivity contribution in [3.8, 4) is 0 Å². The van der Waals surface area contributed by atoms with Gasteiger partial charge in [0, 0.05) is 11.3 Å². The molecule has 0 spiro atoms. The molecule has 12 heavy (non-hydrogen) atoms. The highest BCUT2D eigenvalue weighted by Crippen LogP contribution is 2.53. The van der Waals surface area contributed by atoms with Crippen LogP contribution in [0.3, 0.4) is 0 Å². The van der Waals surface area contributed by atoms with Crippen molar-refractivity contribution in [1.82, 2.24) is 0 Å². The summed E-state index contributed by atoms with van der Waals surface area (Å²) in [4.78, 5) is 11.7. The molecule has 0 aromatic rings. The van der Waals surface area contributed by atoms with E-state index in [0.29, 0.717) is 17.6 Å². The molecule has 0 amide bonds. The van der Waals surface area contributed by atoms with Gasteiger partial charge < -0.3 is 0 Å². The van der Waals surface area contributed by atoms with Gasteiger partial charge in [-0.1, -0.05) is 33.1 Å². The average molecular weight is 166 g/mol. The van der Waals surface area contributed by atoms with Crippen molar-refractivity contribution in [1.29, 1.82) is 0 Å². The van der Waals surface area contributed by atoms with E-state index in [-0.39, 0.29) is 5.41 Å². The van der Waals surface area contributed by atoms with Crippen molar-refractivity contribution in [3.05, 3.63) is 0 Å². The minimum absolute atomic E-state index is 0.0228. The van der Waals surface area contributed by atoms with Gasteiger partial charge in [-0.05, 0) is 18.8 Å². The molecule has 2 unspecified atom stereocenters. The maximum atomic E-state index is 11.7. The highest BCUT2D eigenvalue weighted by Gasteiger charge is 2.54. The summed E-state index contributed by atoms with van der Waals surface area (Å²) in [5, 5.41) is 0. The van der Waals surface area contributed by atoms with Crippen molar-refractivity contribution >= 4 is 5.78 Å². The summed E-state index contributed by atoms with van der Waals surface area (Å²) in [7, 11) is 0. The van der Waals surface area contributed by atoms with Crippen LogP contribution in [0.2, 0.25) is 0 Å². The second-order valence-corrected chi connectivity index (χ2v) is 4.94. The van der Waals surface area contributed by atoms with Crippen molar-refractivity contribution in [2.24, 2.45) is 17.3 Å². The fraction of sp³-hybridized carbons (Fsp3) is 0.909. The molecule has 0 heterocycles. The lowest BCUT2D eigenvalue weighted by Gasteiger charge is -2.49. The molecule has 2 atom stereocenters. The Morgan fingerprint density at radius 2 is 1.83 bits per heavy atom. The molecule has 2 fully saturated rings. The molecule has 2 aliphatic carbocycles. The number of Topliss-reactive ketones (excluding diaryl/α,β-unsaturated/α-hetero) is 1. The second kappa shape index (κ2) is 2.58. The summed E-state index contributed by atoms with van der Waals surface area (Å²) >= 11 is 0. The van der Waals surface area contributed by atoms with Gasteiger partial charge in [0.15, 0.2) is 0 Å².